The van der Waals surface area contributed by atoms with Crippen molar-refractivity contribution in [2.75, 3.05) is 6.61 Å². The van der Waals surface area contributed by atoms with E-state index in [0.717, 1.165) is 12.1 Å². The molecule has 0 spiro atoms. The molecule has 0 radical (unpaired) electrons. The highest BCUT2D eigenvalue weighted by Crippen LogP contribution is 2.38. The maximum absolute atomic E-state index is 13.6. The first-order valence-electron chi connectivity index (χ1n) is 5.06. The van der Waals surface area contributed by atoms with Gasteiger partial charge in [0.25, 0.3) is 5.69 Å². The fourth-order valence-corrected chi connectivity index (χ4v) is 1.74. The average Bonchev–Trinajstić information content (AvgIpc) is 2.32. The Bertz CT molecular complexity index is 555. The fraction of sp³-hybridized carbons (Fsp3) is 0.300. The lowest BCUT2D eigenvalue weighted by Gasteiger charge is -2.31. The van der Waals surface area contributed by atoms with Gasteiger partial charge in [0, 0.05) is 6.07 Å². The van der Waals surface area contributed by atoms with E-state index in [1.807, 2.05) is 0 Å². The number of cyclic esters (lactones) is 1. The maximum Gasteiger partial charge on any atom is 0.408 e. The summed E-state index contributed by atoms with van der Waals surface area (Å²) in [6.07, 6.45) is -1.14. The molecular weight excluding hydrogens is 305 g/mol. The van der Waals surface area contributed by atoms with Crippen molar-refractivity contribution in [2.24, 2.45) is 0 Å². The van der Waals surface area contributed by atoms with Crippen molar-refractivity contribution >= 4 is 24.2 Å². The zero-order valence-corrected chi connectivity index (χ0v) is 10.5. The lowest BCUT2D eigenvalue weighted by Crippen LogP contribution is -2.49. The Morgan fingerprint density at radius 3 is 2.70 bits per heavy atom. The number of halogens is 4. The second-order valence-corrected chi connectivity index (χ2v) is 3.87. The molecule has 1 N–H and O–H groups in total. The Labute approximate surface area is 116 Å². The number of nitrogens with one attached hydrogen (secondary N) is 1. The summed E-state index contributed by atoms with van der Waals surface area (Å²) in [5.74, 6) is -4.50. The van der Waals surface area contributed by atoms with E-state index >= 15 is 0 Å². The summed E-state index contributed by atoms with van der Waals surface area (Å²) in [4.78, 5) is 20.8. The van der Waals surface area contributed by atoms with Crippen LogP contribution in [0.25, 0.3) is 0 Å². The summed E-state index contributed by atoms with van der Waals surface area (Å²) in [6.45, 7) is -1.23. The molecule has 1 saturated heterocycles. The van der Waals surface area contributed by atoms with Crippen molar-refractivity contribution in [2.45, 2.75) is 12.0 Å². The number of nitro benzene ring substituents is 1. The number of carbonyl (C=O) groups excluding carboxylic acids is 1. The van der Waals surface area contributed by atoms with Crippen LogP contribution in [-0.2, 0) is 4.74 Å². The van der Waals surface area contributed by atoms with Gasteiger partial charge in [-0.25, -0.2) is 18.0 Å². The highest BCUT2D eigenvalue weighted by molar-refractivity contribution is 5.85. The molecule has 1 aromatic carbocycles. The summed E-state index contributed by atoms with van der Waals surface area (Å²) in [7, 11) is 0. The molecule has 0 bridgehead atoms. The molecule has 1 aliphatic heterocycles. The van der Waals surface area contributed by atoms with Gasteiger partial charge in [-0.2, -0.15) is 0 Å². The summed E-state index contributed by atoms with van der Waals surface area (Å²) in [5.41, 5.74) is -1.31. The molecule has 1 heterocycles. The molecule has 0 aromatic heterocycles. The van der Waals surface area contributed by atoms with Crippen molar-refractivity contribution < 1.29 is 27.6 Å². The first-order chi connectivity index (χ1) is 8.81. The second-order valence-electron chi connectivity index (χ2n) is 3.87. The molecule has 0 saturated carbocycles. The minimum Gasteiger partial charge on any atom is -0.443 e. The minimum absolute atomic E-state index is 0. The van der Waals surface area contributed by atoms with Gasteiger partial charge in [0.05, 0.1) is 10.5 Å². The third kappa shape index (κ3) is 2.93. The van der Waals surface area contributed by atoms with Crippen LogP contribution in [0.4, 0.5) is 23.7 Å². The summed E-state index contributed by atoms with van der Waals surface area (Å²) in [5, 5.41) is 12.5. The Hall–Kier alpha value is -2.03. The van der Waals surface area contributed by atoms with Crippen LogP contribution >= 0.6 is 12.4 Å². The Morgan fingerprint density at radius 2 is 2.10 bits per heavy atom. The van der Waals surface area contributed by atoms with Crippen LogP contribution in [0, 0.1) is 15.9 Å². The quantitative estimate of drug-likeness (QED) is 0.672. The van der Waals surface area contributed by atoms with Gasteiger partial charge in [-0.05, 0) is 12.1 Å². The zero-order chi connectivity index (χ0) is 14.2. The monoisotopic (exact) mass is 312 g/mol. The van der Waals surface area contributed by atoms with Crippen LogP contribution in [0.1, 0.15) is 11.6 Å². The van der Waals surface area contributed by atoms with Crippen LogP contribution in [0.3, 0.4) is 0 Å². The molecule has 110 valence electrons. The van der Waals surface area contributed by atoms with Crippen LogP contribution in [0.2, 0.25) is 0 Å². The largest absolute Gasteiger partial charge is 0.443 e. The molecule has 1 aromatic rings. The van der Waals surface area contributed by atoms with E-state index in [9.17, 15) is 28.1 Å². The van der Waals surface area contributed by atoms with E-state index in [1.165, 1.54) is 0 Å². The van der Waals surface area contributed by atoms with Crippen LogP contribution < -0.4 is 5.32 Å². The SMILES string of the molecule is Cl.O=C1N[C@@H](c2cc(F)ccc2[N+](=O)[O-])C(F)(F)CO1. The highest BCUT2D eigenvalue weighted by Gasteiger charge is 2.49. The second kappa shape index (κ2) is 5.53. The first-order valence-corrected chi connectivity index (χ1v) is 5.06. The molecule has 1 atom stereocenters. The lowest BCUT2D eigenvalue weighted by atomic mass is 9.98. The number of alkyl carbamates (subject to hydrolysis) is 1. The molecule has 1 fully saturated rings. The number of nitrogens with zero attached hydrogens (tertiary/aromatic N) is 1. The highest BCUT2D eigenvalue weighted by atomic mass is 35.5. The Morgan fingerprint density at radius 1 is 1.45 bits per heavy atom. The van der Waals surface area contributed by atoms with Gasteiger partial charge in [-0.15, -0.1) is 12.4 Å². The van der Waals surface area contributed by atoms with Gasteiger partial charge in [0.15, 0.2) is 6.61 Å². The number of ether oxygens (including phenoxy) is 1. The molecule has 20 heavy (non-hydrogen) atoms. The Balaban J connectivity index is 0.00000200. The Kier molecular flexibility index (Phi) is 4.43. The van der Waals surface area contributed by atoms with Gasteiger partial charge in [-0.1, -0.05) is 0 Å². The standard InChI is InChI=1S/C10H7F3N2O4.ClH/c11-5-1-2-7(15(17)18)6(3-5)8-10(12,13)4-19-9(16)14-8;/h1-3,8H,4H2,(H,14,16);1H/t8-;/m0./s1. The molecule has 1 amide bonds. The smallest absolute Gasteiger partial charge is 0.408 e. The summed E-state index contributed by atoms with van der Waals surface area (Å²) >= 11 is 0. The van der Waals surface area contributed by atoms with Crippen molar-refractivity contribution in [1.82, 2.24) is 5.32 Å². The number of rotatable bonds is 2. The fourth-order valence-electron chi connectivity index (χ4n) is 1.74. The molecule has 6 nitrogen and oxygen atoms in total. The third-order valence-corrected chi connectivity index (χ3v) is 2.58. The van der Waals surface area contributed by atoms with Crippen molar-refractivity contribution in [3.63, 3.8) is 0 Å². The molecular formula is C10H8ClF3N2O4. The molecule has 0 unspecified atom stereocenters. The van der Waals surface area contributed by atoms with E-state index in [-0.39, 0.29) is 12.4 Å². The van der Waals surface area contributed by atoms with Gasteiger partial charge in [0.1, 0.15) is 11.9 Å². The van der Waals surface area contributed by atoms with E-state index in [4.69, 9.17) is 0 Å². The number of nitro groups is 1. The molecule has 0 aliphatic carbocycles. The zero-order valence-electron chi connectivity index (χ0n) is 9.64. The average molecular weight is 313 g/mol. The van der Waals surface area contributed by atoms with E-state index in [2.05, 4.69) is 4.74 Å². The van der Waals surface area contributed by atoms with E-state index in [1.54, 1.807) is 5.32 Å². The topological polar surface area (TPSA) is 81.5 Å². The van der Waals surface area contributed by atoms with Crippen LogP contribution in [0.5, 0.6) is 0 Å². The van der Waals surface area contributed by atoms with Crippen molar-refractivity contribution in [3.05, 3.63) is 39.7 Å². The van der Waals surface area contributed by atoms with Gasteiger partial charge in [-0.3, -0.25) is 10.1 Å². The predicted molar refractivity (Wildman–Crippen MR) is 62.5 cm³/mol. The molecule has 1 aliphatic rings. The lowest BCUT2D eigenvalue weighted by molar-refractivity contribution is -0.386. The van der Waals surface area contributed by atoms with Crippen LogP contribution in [0.15, 0.2) is 18.2 Å². The number of hydrogen-bond donors (Lipinski definition) is 1. The third-order valence-electron chi connectivity index (χ3n) is 2.58. The number of alkyl halides is 2. The van der Waals surface area contributed by atoms with Crippen LogP contribution in [-0.4, -0.2) is 23.5 Å². The van der Waals surface area contributed by atoms with E-state index < -0.39 is 46.7 Å². The number of hydrogen-bond acceptors (Lipinski definition) is 4. The first kappa shape index (κ1) is 16.0. The normalized spacial score (nSPS) is 20.4. The summed E-state index contributed by atoms with van der Waals surface area (Å²) < 4.78 is 44.5. The van der Waals surface area contributed by atoms with Gasteiger partial charge >= 0.3 is 12.0 Å². The number of carbonyl (C=O) groups is 1. The van der Waals surface area contributed by atoms with Gasteiger partial charge in [0.2, 0.25) is 0 Å². The maximum atomic E-state index is 13.6. The van der Waals surface area contributed by atoms with Crippen molar-refractivity contribution in [3.8, 4) is 0 Å². The van der Waals surface area contributed by atoms with Crippen molar-refractivity contribution in [1.29, 1.82) is 0 Å². The molecule has 2 rings (SSSR count). The van der Waals surface area contributed by atoms with Gasteiger partial charge < -0.3 is 10.1 Å². The minimum atomic E-state index is -3.58. The number of amides is 1. The predicted octanol–water partition coefficient (Wildman–Crippen LogP) is 2.57. The van der Waals surface area contributed by atoms with E-state index in [0.29, 0.717) is 6.07 Å². The number of benzene rings is 1. The summed E-state index contributed by atoms with van der Waals surface area (Å²) in [6, 6.07) is 0.135. The molecule has 10 heteroatoms.